The van der Waals surface area contributed by atoms with Gasteiger partial charge in [0.25, 0.3) is 5.91 Å². The molecular weight excluding hydrogens is 436 g/mol. The van der Waals surface area contributed by atoms with Crippen LogP contribution in [0.3, 0.4) is 0 Å². The zero-order valence-corrected chi connectivity index (χ0v) is 18.7. The van der Waals surface area contributed by atoms with Gasteiger partial charge in [0, 0.05) is 13.1 Å². The number of carbonyl (C=O) groups excluding carboxylic acids is 1. The number of hydrogen-bond donors (Lipinski definition) is 1. The van der Waals surface area contributed by atoms with E-state index in [0.29, 0.717) is 24.4 Å². The molecule has 31 heavy (non-hydrogen) atoms. The summed E-state index contributed by atoms with van der Waals surface area (Å²) in [7, 11) is -2.14. The minimum Gasteiger partial charge on any atom is -0.496 e. The number of halogens is 1. The Morgan fingerprint density at radius 2 is 1.68 bits per heavy atom. The van der Waals surface area contributed by atoms with Crippen LogP contribution < -0.4 is 10.1 Å². The Morgan fingerprint density at radius 1 is 1.00 bits per heavy atom. The Balaban J connectivity index is 1.66. The van der Waals surface area contributed by atoms with Crippen molar-refractivity contribution in [2.75, 3.05) is 25.5 Å². The number of methoxy groups -OCH3 is 1. The van der Waals surface area contributed by atoms with Gasteiger partial charge in [-0.2, -0.15) is 4.31 Å². The lowest BCUT2D eigenvalue weighted by molar-refractivity contribution is 0.102. The van der Waals surface area contributed by atoms with Crippen LogP contribution in [0.2, 0.25) is 5.02 Å². The molecule has 0 unspecified atom stereocenters. The summed E-state index contributed by atoms with van der Waals surface area (Å²) in [4.78, 5) is 13.2. The summed E-state index contributed by atoms with van der Waals surface area (Å²) in [5.41, 5.74) is 0.571. The Kier molecular flexibility index (Phi) is 6.18. The third kappa shape index (κ3) is 4.39. The third-order valence-corrected chi connectivity index (χ3v) is 7.68. The number of nitrogens with one attached hydrogen (secondary N) is 1. The molecule has 6 nitrogen and oxygen atoms in total. The van der Waals surface area contributed by atoms with Crippen LogP contribution in [0.25, 0.3) is 10.8 Å². The minimum absolute atomic E-state index is 0.111. The molecule has 4 rings (SSSR count). The zero-order chi connectivity index (χ0) is 22.0. The minimum atomic E-state index is -3.64. The predicted molar refractivity (Wildman–Crippen MR) is 123 cm³/mol. The van der Waals surface area contributed by atoms with Gasteiger partial charge >= 0.3 is 0 Å². The fourth-order valence-electron chi connectivity index (χ4n) is 3.77. The van der Waals surface area contributed by atoms with Crippen LogP contribution in [0.1, 0.15) is 29.6 Å². The van der Waals surface area contributed by atoms with E-state index in [1.807, 2.05) is 24.3 Å². The predicted octanol–water partition coefficient (Wildman–Crippen LogP) is 4.93. The molecule has 0 aromatic heterocycles. The van der Waals surface area contributed by atoms with Gasteiger partial charge in [-0.15, -0.1) is 0 Å². The number of nitrogens with zero attached hydrogens (tertiary/aromatic N) is 1. The van der Waals surface area contributed by atoms with Crippen molar-refractivity contribution in [1.29, 1.82) is 0 Å². The average molecular weight is 459 g/mol. The molecule has 0 atom stereocenters. The average Bonchev–Trinajstić information content (AvgIpc) is 2.80. The van der Waals surface area contributed by atoms with Crippen molar-refractivity contribution in [2.45, 2.75) is 24.2 Å². The van der Waals surface area contributed by atoms with Crippen molar-refractivity contribution in [3.63, 3.8) is 0 Å². The molecule has 3 aromatic carbocycles. The van der Waals surface area contributed by atoms with Gasteiger partial charge in [0.05, 0.1) is 28.3 Å². The number of ether oxygens (including phenoxy) is 1. The van der Waals surface area contributed by atoms with Gasteiger partial charge in [0.15, 0.2) is 0 Å². The molecule has 1 aliphatic heterocycles. The molecule has 1 N–H and O–H groups in total. The van der Waals surface area contributed by atoms with E-state index in [4.69, 9.17) is 16.3 Å². The number of benzene rings is 3. The molecule has 0 radical (unpaired) electrons. The van der Waals surface area contributed by atoms with E-state index in [0.717, 1.165) is 30.0 Å². The number of carbonyl (C=O) groups is 1. The summed E-state index contributed by atoms with van der Waals surface area (Å²) in [5.74, 6) is -0.0126. The van der Waals surface area contributed by atoms with Crippen LogP contribution >= 0.6 is 11.6 Å². The standard InChI is InChI=1S/C23H23ClN2O4S/c1-30-22-14-17-8-4-3-7-16(17)13-19(22)23(27)25-21-15-18(9-10-20(21)24)31(28,29)26-11-5-2-6-12-26/h3-4,7-10,13-15H,2,5-6,11-12H2,1H3,(H,25,27). The van der Waals surface area contributed by atoms with Crippen molar-refractivity contribution < 1.29 is 17.9 Å². The molecule has 1 amide bonds. The second-order valence-corrected chi connectivity index (χ2v) is 9.81. The molecule has 0 spiro atoms. The van der Waals surface area contributed by atoms with Gasteiger partial charge in [-0.05, 0) is 53.9 Å². The van der Waals surface area contributed by atoms with E-state index in [-0.39, 0.29) is 15.6 Å². The van der Waals surface area contributed by atoms with Gasteiger partial charge in [-0.25, -0.2) is 8.42 Å². The highest BCUT2D eigenvalue weighted by Gasteiger charge is 2.27. The first-order valence-corrected chi connectivity index (χ1v) is 11.9. The second kappa shape index (κ2) is 8.86. The number of piperidine rings is 1. The van der Waals surface area contributed by atoms with E-state index in [2.05, 4.69) is 5.32 Å². The smallest absolute Gasteiger partial charge is 0.259 e. The first kappa shape index (κ1) is 21.6. The van der Waals surface area contributed by atoms with Crippen LogP contribution in [0.4, 0.5) is 5.69 Å². The molecule has 1 heterocycles. The Morgan fingerprint density at radius 3 is 2.35 bits per heavy atom. The van der Waals surface area contributed by atoms with Gasteiger partial charge in [-0.3, -0.25) is 4.79 Å². The largest absolute Gasteiger partial charge is 0.496 e. The number of fused-ring (bicyclic) bond motifs is 1. The quantitative estimate of drug-likeness (QED) is 0.588. The maximum atomic E-state index is 13.0. The van der Waals surface area contributed by atoms with Crippen LogP contribution in [-0.2, 0) is 10.0 Å². The molecule has 162 valence electrons. The second-order valence-electron chi connectivity index (χ2n) is 7.46. The van der Waals surface area contributed by atoms with Gasteiger partial charge in [0.2, 0.25) is 10.0 Å². The fraction of sp³-hybridized carbons (Fsp3) is 0.261. The number of sulfonamides is 1. The summed E-state index contributed by atoms with van der Waals surface area (Å²) >= 11 is 6.28. The molecule has 1 saturated heterocycles. The number of rotatable bonds is 5. The summed E-state index contributed by atoms with van der Waals surface area (Å²) < 4.78 is 32.9. The topological polar surface area (TPSA) is 75.7 Å². The lowest BCUT2D eigenvalue weighted by atomic mass is 10.1. The molecule has 1 fully saturated rings. The third-order valence-electron chi connectivity index (χ3n) is 5.45. The van der Waals surface area contributed by atoms with E-state index in [1.54, 1.807) is 12.1 Å². The summed E-state index contributed by atoms with van der Waals surface area (Å²) in [5, 5.41) is 4.84. The lowest BCUT2D eigenvalue weighted by Gasteiger charge is -2.26. The van der Waals surface area contributed by atoms with Crippen LogP contribution in [0.5, 0.6) is 5.75 Å². The number of amides is 1. The lowest BCUT2D eigenvalue weighted by Crippen LogP contribution is -2.35. The zero-order valence-electron chi connectivity index (χ0n) is 17.1. The van der Waals surface area contributed by atoms with E-state index in [1.165, 1.54) is 29.6 Å². The van der Waals surface area contributed by atoms with Crippen molar-refractivity contribution in [1.82, 2.24) is 4.31 Å². The molecule has 0 bridgehead atoms. The van der Waals surface area contributed by atoms with Crippen LogP contribution in [0, 0.1) is 0 Å². The molecule has 0 saturated carbocycles. The van der Waals surface area contributed by atoms with Crippen molar-refractivity contribution >= 4 is 44.0 Å². The maximum absolute atomic E-state index is 13.0. The summed E-state index contributed by atoms with van der Waals surface area (Å²) in [6.45, 7) is 1.00. The molecular formula is C23H23ClN2O4S. The van der Waals surface area contributed by atoms with E-state index < -0.39 is 15.9 Å². The number of anilines is 1. The first-order valence-electron chi connectivity index (χ1n) is 10.1. The van der Waals surface area contributed by atoms with Crippen LogP contribution in [-0.4, -0.2) is 38.8 Å². The Hall–Kier alpha value is -2.61. The molecule has 8 heteroatoms. The normalized spacial score (nSPS) is 15.0. The Bertz CT molecular complexity index is 1240. The van der Waals surface area contributed by atoms with Crippen molar-refractivity contribution in [3.8, 4) is 5.75 Å². The highest BCUT2D eigenvalue weighted by molar-refractivity contribution is 7.89. The first-order chi connectivity index (χ1) is 14.9. The molecule has 0 aliphatic carbocycles. The van der Waals surface area contributed by atoms with Crippen molar-refractivity contribution in [2.24, 2.45) is 0 Å². The maximum Gasteiger partial charge on any atom is 0.259 e. The summed E-state index contributed by atoms with van der Waals surface area (Å²) in [6, 6.07) is 15.6. The monoisotopic (exact) mass is 458 g/mol. The highest BCUT2D eigenvalue weighted by atomic mass is 35.5. The molecule has 1 aliphatic rings. The SMILES string of the molecule is COc1cc2ccccc2cc1C(=O)Nc1cc(S(=O)(=O)N2CCCCC2)ccc1Cl. The van der Waals surface area contributed by atoms with Gasteiger partial charge < -0.3 is 10.1 Å². The fourth-order valence-corrected chi connectivity index (χ4v) is 5.48. The Labute approximate surface area is 186 Å². The summed E-state index contributed by atoms with van der Waals surface area (Å²) in [6.07, 6.45) is 2.72. The highest BCUT2D eigenvalue weighted by Crippen LogP contribution is 2.31. The number of hydrogen-bond acceptors (Lipinski definition) is 4. The van der Waals surface area contributed by atoms with Gasteiger partial charge in [0.1, 0.15) is 5.75 Å². The van der Waals surface area contributed by atoms with Crippen molar-refractivity contribution in [3.05, 3.63) is 65.2 Å². The van der Waals surface area contributed by atoms with Crippen LogP contribution in [0.15, 0.2) is 59.5 Å². The van der Waals surface area contributed by atoms with Gasteiger partial charge in [-0.1, -0.05) is 42.3 Å². The van der Waals surface area contributed by atoms with E-state index in [9.17, 15) is 13.2 Å². The van der Waals surface area contributed by atoms with E-state index >= 15 is 0 Å². The molecule has 3 aromatic rings.